The van der Waals surface area contributed by atoms with E-state index in [2.05, 4.69) is 11.8 Å². The van der Waals surface area contributed by atoms with Crippen LogP contribution in [-0.4, -0.2) is 48.9 Å². The lowest BCUT2D eigenvalue weighted by atomic mass is 10.1. The number of nitrogens with zero attached hydrogens (tertiary/aromatic N) is 2. The normalized spacial score (nSPS) is 12.5. The number of carbonyl (C=O) groups is 1. The van der Waals surface area contributed by atoms with Crippen LogP contribution in [0.15, 0.2) is 18.2 Å². The summed E-state index contributed by atoms with van der Waals surface area (Å²) in [5.74, 6) is 0.0484. The Bertz CT molecular complexity index is 423. The van der Waals surface area contributed by atoms with Gasteiger partial charge in [0.2, 0.25) is 0 Å². The van der Waals surface area contributed by atoms with Crippen molar-refractivity contribution in [1.29, 1.82) is 0 Å². The lowest BCUT2D eigenvalue weighted by Crippen LogP contribution is -2.43. The van der Waals surface area contributed by atoms with Crippen LogP contribution in [0.25, 0.3) is 0 Å². The maximum absolute atomic E-state index is 12.6. The summed E-state index contributed by atoms with van der Waals surface area (Å²) in [7, 11) is 4.03. The molecule has 1 aromatic carbocycles. The molecule has 1 unspecified atom stereocenters. The van der Waals surface area contributed by atoms with Crippen molar-refractivity contribution in [2.45, 2.75) is 26.8 Å². The fourth-order valence-electron chi connectivity index (χ4n) is 2.38. The molecule has 0 bridgehead atoms. The largest absolute Gasteiger partial charge is 0.399 e. The third-order valence-corrected chi connectivity index (χ3v) is 3.11. The lowest BCUT2D eigenvalue weighted by molar-refractivity contribution is 0.0679. The molecular weight excluding hydrogens is 238 g/mol. The number of aryl methyl sites for hydroxylation is 1. The minimum atomic E-state index is 0.0484. The van der Waals surface area contributed by atoms with E-state index in [1.165, 1.54) is 0 Å². The Labute approximate surface area is 116 Å². The number of carbonyl (C=O) groups excluding carboxylic acids is 1. The van der Waals surface area contributed by atoms with Gasteiger partial charge in [-0.2, -0.15) is 0 Å². The van der Waals surface area contributed by atoms with Crippen LogP contribution in [0.2, 0.25) is 0 Å². The maximum atomic E-state index is 12.6. The number of amides is 1. The first-order valence-electron chi connectivity index (χ1n) is 6.68. The van der Waals surface area contributed by atoms with Gasteiger partial charge in [-0.3, -0.25) is 4.79 Å². The Morgan fingerprint density at radius 3 is 2.42 bits per heavy atom. The molecule has 2 N–H and O–H groups in total. The molecule has 19 heavy (non-hydrogen) atoms. The van der Waals surface area contributed by atoms with Gasteiger partial charge in [-0.15, -0.1) is 0 Å². The average Bonchev–Trinajstić information content (AvgIpc) is 2.27. The predicted octanol–water partition coefficient (Wildman–Crippen LogP) is 1.99. The van der Waals surface area contributed by atoms with Gasteiger partial charge in [-0.25, -0.2) is 0 Å². The second-order valence-corrected chi connectivity index (χ2v) is 5.33. The number of benzene rings is 1. The van der Waals surface area contributed by atoms with Crippen molar-refractivity contribution in [1.82, 2.24) is 9.80 Å². The van der Waals surface area contributed by atoms with Gasteiger partial charge < -0.3 is 15.5 Å². The van der Waals surface area contributed by atoms with E-state index in [4.69, 9.17) is 5.73 Å². The fraction of sp³-hybridized carbons (Fsp3) is 0.533. The van der Waals surface area contributed by atoms with Crippen LogP contribution < -0.4 is 5.73 Å². The second kappa shape index (κ2) is 6.57. The highest BCUT2D eigenvalue weighted by Gasteiger charge is 2.20. The van der Waals surface area contributed by atoms with Crippen molar-refractivity contribution in [2.75, 3.05) is 32.9 Å². The highest BCUT2D eigenvalue weighted by atomic mass is 16.2. The standard InChI is InChI=1S/C15H25N3O/c1-6-18(12(3)10-17(4)5)15(19)13-7-11(2)8-14(16)9-13/h7-9,12H,6,10,16H2,1-5H3. The van der Waals surface area contributed by atoms with E-state index in [1.54, 1.807) is 6.07 Å². The van der Waals surface area contributed by atoms with Crippen molar-refractivity contribution >= 4 is 11.6 Å². The number of nitrogens with two attached hydrogens (primary N) is 1. The summed E-state index contributed by atoms with van der Waals surface area (Å²) >= 11 is 0. The summed E-state index contributed by atoms with van der Waals surface area (Å²) in [6.45, 7) is 7.57. The zero-order chi connectivity index (χ0) is 14.6. The zero-order valence-corrected chi connectivity index (χ0v) is 12.6. The molecule has 0 radical (unpaired) electrons. The molecule has 0 spiro atoms. The molecule has 0 saturated heterocycles. The van der Waals surface area contributed by atoms with Crippen LogP contribution in [-0.2, 0) is 0 Å². The zero-order valence-electron chi connectivity index (χ0n) is 12.6. The molecular formula is C15H25N3O. The number of rotatable bonds is 5. The van der Waals surface area contributed by atoms with E-state index in [0.717, 1.165) is 12.1 Å². The molecule has 0 fully saturated rings. The number of nitrogen functional groups attached to an aromatic ring is 1. The van der Waals surface area contributed by atoms with Crippen LogP contribution >= 0.6 is 0 Å². The minimum Gasteiger partial charge on any atom is -0.399 e. The first-order valence-corrected chi connectivity index (χ1v) is 6.68. The van der Waals surface area contributed by atoms with Crippen LogP contribution in [0.5, 0.6) is 0 Å². The Kier molecular flexibility index (Phi) is 5.36. The molecule has 106 valence electrons. The maximum Gasteiger partial charge on any atom is 0.254 e. The van der Waals surface area contributed by atoms with Gasteiger partial charge in [0, 0.05) is 30.4 Å². The smallest absolute Gasteiger partial charge is 0.254 e. The molecule has 0 aliphatic rings. The molecule has 1 atom stereocenters. The summed E-state index contributed by atoms with van der Waals surface area (Å²) in [6, 6.07) is 5.69. The molecule has 4 nitrogen and oxygen atoms in total. The number of hydrogen-bond donors (Lipinski definition) is 1. The summed E-state index contributed by atoms with van der Waals surface area (Å²) in [6.07, 6.45) is 0. The lowest BCUT2D eigenvalue weighted by Gasteiger charge is -2.30. The molecule has 0 aliphatic carbocycles. The van der Waals surface area contributed by atoms with Gasteiger partial charge in [0.15, 0.2) is 0 Å². The third-order valence-electron chi connectivity index (χ3n) is 3.11. The second-order valence-electron chi connectivity index (χ2n) is 5.33. The topological polar surface area (TPSA) is 49.6 Å². The molecule has 1 aromatic rings. The molecule has 4 heteroatoms. The van der Waals surface area contributed by atoms with Crippen LogP contribution in [0.1, 0.15) is 29.8 Å². The van der Waals surface area contributed by atoms with Gasteiger partial charge >= 0.3 is 0 Å². The first-order chi connectivity index (χ1) is 8.85. The summed E-state index contributed by atoms with van der Waals surface area (Å²) in [5, 5.41) is 0. The molecule has 1 amide bonds. The molecule has 0 aliphatic heterocycles. The van der Waals surface area contributed by atoms with Crippen molar-refractivity contribution in [2.24, 2.45) is 0 Å². The third kappa shape index (κ3) is 4.24. The van der Waals surface area contributed by atoms with Crippen LogP contribution in [0, 0.1) is 6.92 Å². The Morgan fingerprint density at radius 2 is 1.95 bits per heavy atom. The fourth-order valence-corrected chi connectivity index (χ4v) is 2.38. The number of hydrogen-bond acceptors (Lipinski definition) is 3. The van der Waals surface area contributed by atoms with Gasteiger partial charge in [-0.1, -0.05) is 0 Å². The number of anilines is 1. The van der Waals surface area contributed by atoms with Crippen molar-refractivity contribution < 1.29 is 4.79 Å². The molecule has 0 saturated carbocycles. The Balaban J connectivity index is 2.94. The Morgan fingerprint density at radius 1 is 1.32 bits per heavy atom. The number of likely N-dealkylation sites (N-methyl/N-ethyl adjacent to an activating group) is 2. The monoisotopic (exact) mass is 263 g/mol. The van der Waals surface area contributed by atoms with E-state index >= 15 is 0 Å². The SMILES string of the molecule is CCN(C(=O)c1cc(C)cc(N)c1)C(C)CN(C)C. The highest BCUT2D eigenvalue weighted by Crippen LogP contribution is 2.15. The Hall–Kier alpha value is -1.55. The minimum absolute atomic E-state index is 0.0484. The van der Waals surface area contributed by atoms with E-state index in [1.807, 2.05) is 45.0 Å². The van der Waals surface area contributed by atoms with Crippen molar-refractivity contribution in [3.63, 3.8) is 0 Å². The molecule has 0 aromatic heterocycles. The van der Waals surface area contributed by atoms with Crippen molar-refractivity contribution in [3.05, 3.63) is 29.3 Å². The van der Waals surface area contributed by atoms with E-state index in [9.17, 15) is 4.79 Å². The summed E-state index contributed by atoms with van der Waals surface area (Å²) < 4.78 is 0. The average molecular weight is 263 g/mol. The molecule has 1 rings (SSSR count). The highest BCUT2D eigenvalue weighted by molar-refractivity contribution is 5.95. The van der Waals surface area contributed by atoms with Gasteiger partial charge in [0.1, 0.15) is 0 Å². The van der Waals surface area contributed by atoms with Crippen molar-refractivity contribution in [3.8, 4) is 0 Å². The summed E-state index contributed by atoms with van der Waals surface area (Å²) in [5.41, 5.74) is 8.14. The van der Waals surface area contributed by atoms with Gasteiger partial charge in [0.25, 0.3) is 5.91 Å². The van der Waals surface area contributed by atoms with Gasteiger partial charge in [-0.05, 0) is 58.6 Å². The van der Waals surface area contributed by atoms with Gasteiger partial charge in [0.05, 0.1) is 0 Å². The van der Waals surface area contributed by atoms with E-state index in [-0.39, 0.29) is 11.9 Å². The van der Waals surface area contributed by atoms with Crippen LogP contribution in [0.3, 0.4) is 0 Å². The predicted molar refractivity (Wildman–Crippen MR) is 80.3 cm³/mol. The summed E-state index contributed by atoms with van der Waals surface area (Å²) in [4.78, 5) is 16.5. The van der Waals surface area contributed by atoms with E-state index < -0.39 is 0 Å². The first kappa shape index (κ1) is 15.5. The van der Waals surface area contributed by atoms with Crippen LogP contribution in [0.4, 0.5) is 5.69 Å². The van der Waals surface area contributed by atoms with E-state index in [0.29, 0.717) is 17.8 Å². The molecule has 0 heterocycles. The quantitative estimate of drug-likeness (QED) is 0.827.